The highest BCUT2D eigenvalue weighted by molar-refractivity contribution is 9.10. The van der Waals surface area contributed by atoms with Crippen molar-refractivity contribution in [2.75, 3.05) is 0 Å². The summed E-state index contributed by atoms with van der Waals surface area (Å²) in [4.78, 5) is 28.1. The lowest BCUT2D eigenvalue weighted by Crippen LogP contribution is -2.42. The molecule has 0 saturated heterocycles. The number of fused-ring (bicyclic) bond motifs is 1. The topological polar surface area (TPSA) is 55.4 Å². The number of hydrogen-bond acceptors (Lipinski definition) is 5. The van der Waals surface area contributed by atoms with Crippen LogP contribution in [0.15, 0.2) is 63.2 Å². The summed E-state index contributed by atoms with van der Waals surface area (Å²) in [5.74, 6) is -2.30. The molecule has 0 spiro atoms. The summed E-state index contributed by atoms with van der Waals surface area (Å²) in [6.45, 7) is 1.81. The Morgan fingerprint density at radius 1 is 1.21 bits per heavy atom. The lowest BCUT2D eigenvalue weighted by molar-refractivity contribution is -0.144. The van der Waals surface area contributed by atoms with Gasteiger partial charge in [0, 0.05) is 39.0 Å². The van der Waals surface area contributed by atoms with Crippen LogP contribution in [0, 0.1) is 11.7 Å². The van der Waals surface area contributed by atoms with Gasteiger partial charge in [0.15, 0.2) is 0 Å². The van der Waals surface area contributed by atoms with Crippen molar-refractivity contribution >= 4 is 39.0 Å². The molecule has 2 aromatic rings. The van der Waals surface area contributed by atoms with Gasteiger partial charge in [0.25, 0.3) is 0 Å². The van der Waals surface area contributed by atoms with E-state index in [1.165, 1.54) is 6.07 Å². The number of ether oxygens (including phenoxy) is 1. The van der Waals surface area contributed by atoms with Gasteiger partial charge in [-0.1, -0.05) is 28.1 Å². The molecule has 1 aromatic heterocycles. The number of nitrogens with one attached hydrogen (secondary N) is 1. The predicted octanol–water partition coefficient (Wildman–Crippen LogP) is 6.35. The molecule has 0 radical (unpaired) electrons. The third-order valence-corrected chi connectivity index (χ3v) is 8.36. The van der Waals surface area contributed by atoms with Crippen LogP contribution in [0.4, 0.5) is 4.39 Å². The highest BCUT2D eigenvalue weighted by atomic mass is 79.9. The van der Waals surface area contributed by atoms with Crippen LogP contribution in [-0.2, 0) is 14.3 Å². The van der Waals surface area contributed by atoms with E-state index in [4.69, 9.17) is 4.74 Å². The van der Waals surface area contributed by atoms with E-state index in [0.29, 0.717) is 27.7 Å². The normalized spacial score (nSPS) is 25.5. The maximum atomic E-state index is 15.2. The van der Waals surface area contributed by atoms with Crippen molar-refractivity contribution in [2.24, 2.45) is 5.92 Å². The van der Waals surface area contributed by atoms with Gasteiger partial charge in [-0.3, -0.25) is 4.79 Å². The minimum Gasteiger partial charge on any atom is -0.459 e. The highest BCUT2D eigenvalue weighted by Gasteiger charge is 2.46. The number of ketones is 1. The van der Waals surface area contributed by atoms with Crippen LogP contribution in [-0.4, -0.2) is 17.9 Å². The molecular weight excluding hydrogens is 505 g/mol. The Bertz CT molecular complexity index is 1150. The van der Waals surface area contributed by atoms with Gasteiger partial charge in [0.05, 0.1) is 11.5 Å². The molecule has 2 aliphatic carbocycles. The van der Waals surface area contributed by atoms with E-state index in [2.05, 4.69) is 27.3 Å². The van der Waals surface area contributed by atoms with Crippen molar-refractivity contribution in [1.82, 2.24) is 5.32 Å². The zero-order valence-corrected chi connectivity index (χ0v) is 20.7. The van der Waals surface area contributed by atoms with Crippen LogP contribution in [0.3, 0.4) is 0 Å². The van der Waals surface area contributed by atoms with Crippen molar-refractivity contribution in [3.8, 4) is 0 Å². The Kier molecular flexibility index (Phi) is 6.27. The van der Waals surface area contributed by atoms with Gasteiger partial charge in [-0.25, -0.2) is 9.18 Å². The van der Waals surface area contributed by atoms with Crippen LogP contribution in [0.5, 0.6) is 0 Å². The summed E-state index contributed by atoms with van der Waals surface area (Å²) in [5, 5.41) is 5.32. The summed E-state index contributed by atoms with van der Waals surface area (Å²) in [5.41, 5.74) is 2.04. The molecule has 3 unspecified atom stereocenters. The molecule has 33 heavy (non-hydrogen) atoms. The molecule has 0 bridgehead atoms. The molecule has 0 amide bonds. The lowest BCUT2D eigenvalue weighted by atomic mass is 9.69. The first-order valence-electron chi connectivity index (χ1n) is 11.3. The maximum Gasteiger partial charge on any atom is 0.336 e. The Morgan fingerprint density at radius 2 is 2.00 bits per heavy atom. The fraction of sp³-hybridized carbons (Fsp3) is 0.385. The monoisotopic (exact) mass is 529 g/mol. The van der Waals surface area contributed by atoms with E-state index in [1.54, 1.807) is 23.5 Å². The first-order chi connectivity index (χ1) is 15.9. The number of benzene rings is 1. The standard InChI is InChI=1S/C26H25BrFNO3S/c1-14-23(26(31)32-17-5-2-3-6-17)24(18-13-16(27)8-9-19(18)28)25-20(29-14)11-15(12-21(25)30)22-7-4-10-33-22/h4,7-11,13,15,17,24-25,29H,2-3,5-6,12H2,1H3. The van der Waals surface area contributed by atoms with Gasteiger partial charge in [-0.15, -0.1) is 11.3 Å². The summed E-state index contributed by atoms with van der Waals surface area (Å²) in [6, 6.07) is 8.69. The van der Waals surface area contributed by atoms with Crippen LogP contribution in [0.1, 0.15) is 61.3 Å². The van der Waals surface area contributed by atoms with E-state index in [9.17, 15) is 9.59 Å². The minimum atomic E-state index is -0.735. The molecule has 3 aliphatic rings. The van der Waals surface area contributed by atoms with Crippen LogP contribution < -0.4 is 5.32 Å². The SMILES string of the molecule is CC1=C(C(=O)OC2CCCC2)C(c2cc(Br)ccc2F)C2C(=O)CC(c3cccs3)C=C2N1. The van der Waals surface area contributed by atoms with E-state index >= 15 is 4.39 Å². The number of carbonyl (C=O) groups is 2. The second-order valence-corrected chi connectivity index (χ2v) is 10.9. The van der Waals surface area contributed by atoms with E-state index in [0.717, 1.165) is 36.3 Å². The first kappa shape index (κ1) is 22.5. The fourth-order valence-corrected chi connectivity index (χ4v) is 6.52. The van der Waals surface area contributed by atoms with Gasteiger partial charge >= 0.3 is 5.97 Å². The number of hydrogen-bond donors (Lipinski definition) is 1. The third kappa shape index (κ3) is 4.33. The van der Waals surface area contributed by atoms with Gasteiger partial charge in [0.1, 0.15) is 17.7 Å². The van der Waals surface area contributed by atoms with Crippen molar-refractivity contribution < 1.29 is 18.7 Å². The summed E-state index contributed by atoms with van der Waals surface area (Å²) >= 11 is 5.05. The quantitative estimate of drug-likeness (QED) is 0.468. The molecule has 1 aliphatic heterocycles. The van der Waals surface area contributed by atoms with E-state index in [1.807, 2.05) is 24.4 Å². The Morgan fingerprint density at radius 3 is 2.73 bits per heavy atom. The summed E-state index contributed by atoms with van der Waals surface area (Å²) in [6.07, 6.45) is 6.05. The average molecular weight is 530 g/mol. The number of halogens is 2. The van der Waals surface area contributed by atoms with Crippen LogP contribution >= 0.6 is 27.3 Å². The van der Waals surface area contributed by atoms with Gasteiger partial charge < -0.3 is 10.1 Å². The first-order valence-corrected chi connectivity index (χ1v) is 13.0. The highest BCUT2D eigenvalue weighted by Crippen LogP contribution is 2.47. The average Bonchev–Trinajstić information content (AvgIpc) is 3.48. The van der Waals surface area contributed by atoms with Gasteiger partial charge in [-0.05, 0) is 67.8 Å². The van der Waals surface area contributed by atoms with Gasteiger partial charge in [0.2, 0.25) is 0 Å². The number of Topliss-reactive ketones (excluding diaryl/α,β-unsaturated/α-hetero) is 1. The second-order valence-electron chi connectivity index (χ2n) is 9.01. The van der Waals surface area contributed by atoms with Crippen LogP contribution in [0.25, 0.3) is 0 Å². The minimum absolute atomic E-state index is 0.00134. The number of rotatable bonds is 4. The van der Waals surface area contributed by atoms with E-state index in [-0.39, 0.29) is 17.8 Å². The van der Waals surface area contributed by atoms with E-state index < -0.39 is 23.6 Å². The summed E-state index contributed by atoms with van der Waals surface area (Å²) in [7, 11) is 0. The lowest BCUT2D eigenvalue weighted by Gasteiger charge is -2.39. The van der Waals surface area contributed by atoms with Crippen molar-refractivity contribution in [3.05, 3.63) is 79.5 Å². The zero-order chi connectivity index (χ0) is 23.1. The molecule has 7 heteroatoms. The molecule has 172 valence electrons. The number of carbonyl (C=O) groups excluding carboxylic acids is 2. The smallest absolute Gasteiger partial charge is 0.336 e. The number of allylic oxidation sites excluding steroid dienone is 3. The zero-order valence-electron chi connectivity index (χ0n) is 18.3. The Labute approximate surface area is 205 Å². The van der Waals surface area contributed by atoms with Crippen molar-refractivity contribution in [3.63, 3.8) is 0 Å². The van der Waals surface area contributed by atoms with Crippen LogP contribution in [0.2, 0.25) is 0 Å². The van der Waals surface area contributed by atoms with Gasteiger partial charge in [-0.2, -0.15) is 0 Å². The number of esters is 1. The molecule has 1 N–H and O–H groups in total. The number of thiophene rings is 1. The molecule has 5 rings (SSSR count). The second kappa shape index (κ2) is 9.18. The predicted molar refractivity (Wildman–Crippen MR) is 129 cm³/mol. The third-order valence-electron chi connectivity index (χ3n) is 6.86. The Hall–Kier alpha value is -2.25. The Balaban J connectivity index is 1.61. The molecule has 3 atom stereocenters. The molecule has 2 heterocycles. The fourth-order valence-electron chi connectivity index (χ4n) is 5.34. The molecular formula is C26H25BrFNO3S. The van der Waals surface area contributed by atoms with Crippen molar-refractivity contribution in [1.29, 1.82) is 0 Å². The molecule has 1 aromatic carbocycles. The molecule has 4 nitrogen and oxygen atoms in total. The maximum absolute atomic E-state index is 15.2. The van der Waals surface area contributed by atoms with Crippen molar-refractivity contribution in [2.45, 2.75) is 57.0 Å². The molecule has 1 saturated carbocycles. The summed E-state index contributed by atoms with van der Waals surface area (Å²) < 4.78 is 21.7. The largest absolute Gasteiger partial charge is 0.459 e. The molecule has 1 fully saturated rings.